The summed E-state index contributed by atoms with van der Waals surface area (Å²) >= 11 is 6.00. The maximum absolute atomic E-state index is 6.00. The van der Waals surface area contributed by atoms with Gasteiger partial charge in [-0.3, -0.25) is 0 Å². The summed E-state index contributed by atoms with van der Waals surface area (Å²) in [5, 5.41) is 8.43. The smallest absolute Gasteiger partial charge is 0.254 e. The van der Waals surface area contributed by atoms with Gasteiger partial charge in [-0.05, 0) is 25.1 Å². The highest BCUT2D eigenvalue weighted by atomic mass is 35.5. The van der Waals surface area contributed by atoms with E-state index in [1.807, 2.05) is 44.2 Å². The van der Waals surface area contributed by atoms with Crippen LogP contribution in [0.15, 0.2) is 30.3 Å². The van der Waals surface area contributed by atoms with E-state index in [0.29, 0.717) is 10.8 Å². The van der Waals surface area contributed by atoms with Crippen molar-refractivity contribution >= 4 is 28.9 Å². The minimum Gasteiger partial charge on any atom is -0.340 e. The predicted octanol–water partition coefficient (Wildman–Crippen LogP) is 3.39. The zero-order valence-corrected chi connectivity index (χ0v) is 12.0. The van der Waals surface area contributed by atoms with Crippen LogP contribution in [0, 0.1) is 6.92 Å². The fourth-order valence-corrected chi connectivity index (χ4v) is 2.17. The van der Waals surface area contributed by atoms with Gasteiger partial charge in [0.25, 0.3) is 5.78 Å². The van der Waals surface area contributed by atoms with Crippen molar-refractivity contribution in [2.75, 3.05) is 5.32 Å². The van der Waals surface area contributed by atoms with E-state index in [1.54, 1.807) is 4.52 Å². The minimum atomic E-state index is 0.603. The van der Waals surface area contributed by atoms with Crippen molar-refractivity contribution in [3.8, 4) is 0 Å². The van der Waals surface area contributed by atoms with E-state index in [0.717, 1.165) is 29.4 Å². The summed E-state index contributed by atoms with van der Waals surface area (Å²) in [6.45, 7) is 3.95. The molecule has 0 spiro atoms. The Balaban J connectivity index is 2.08. The van der Waals surface area contributed by atoms with Crippen LogP contribution in [0.2, 0.25) is 5.02 Å². The first-order valence-electron chi connectivity index (χ1n) is 6.41. The molecule has 0 aliphatic rings. The van der Waals surface area contributed by atoms with E-state index in [4.69, 9.17) is 11.6 Å². The molecular formula is C14H14ClN5. The largest absolute Gasteiger partial charge is 0.340 e. The lowest BCUT2D eigenvalue weighted by molar-refractivity contribution is 0.882. The molecule has 0 unspecified atom stereocenters. The second-order valence-corrected chi connectivity index (χ2v) is 4.95. The SMILES string of the molecule is CCc1nc2nc(C)cc(Nc3cccc(Cl)c3)n2n1. The number of anilines is 2. The summed E-state index contributed by atoms with van der Waals surface area (Å²) < 4.78 is 1.72. The molecule has 5 nitrogen and oxygen atoms in total. The van der Waals surface area contributed by atoms with Gasteiger partial charge in [0.1, 0.15) is 5.82 Å². The molecule has 3 aromatic rings. The van der Waals surface area contributed by atoms with E-state index in [-0.39, 0.29) is 0 Å². The Labute approximate surface area is 121 Å². The molecule has 3 rings (SSSR count). The lowest BCUT2D eigenvalue weighted by Gasteiger charge is -2.08. The second kappa shape index (κ2) is 5.09. The summed E-state index contributed by atoms with van der Waals surface area (Å²) in [6, 6.07) is 9.48. The number of nitrogens with one attached hydrogen (secondary N) is 1. The topological polar surface area (TPSA) is 55.1 Å². The van der Waals surface area contributed by atoms with Gasteiger partial charge in [-0.15, -0.1) is 5.10 Å². The van der Waals surface area contributed by atoms with Gasteiger partial charge in [0.15, 0.2) is 5.82 Å². The van der Waals surface area contributed by atoms with Crippen LogP contribution < -0.4 is 5.32 Å². The number of nitrogens with zero attached hydrogens (tertiary/aromatic N) is 4. The molecule has 2 aromatic heterocycles. The zero-order chi connectivity index (χ0) is 14.1. The average Bonchev–Trinajstić information content (AvgIpc) is 2.82. The third-order valence-electron chi connectivity index (χ3n) is 2.90. The normalized spacial score (nSPS) is 10.9. The molecule has 0 amide bonds. The van der Waals surface area contributed by atoms with Crippen molar-refractivity contribution in [2.24, 2.45) is 0 Å². The standard InChI is InChI=1S/C14H14ClN5/c1-3-12-18-14-16-9(2)7-13(20(14)19-12)17-11-6-4-5-10(15)8-11/h4-8,17H,3H2,1-2H3. The van der Waals surface area contributed by atoms with Gasteiger partial charge in [0.2, 0.25) is 0 Å². The Bertz CT molecular complexity index is 765. The fraction of sp³-hybridized carbons (Fsp3) is 0.214. The van der Waals surface area contributed by atoms with Crippen molar-refractivity contribution in [2.45, 2.75) is 20.3 Å². The monoisotopic (exact) mass is 287 g/mol. The molecule has 2 heterocycles. The number of aryl methyl sites for hydroxylation is 2. The molecule has 0 saturated carbocycles. The number of fused-ring (bicyclic) bond motifs is 1. The third kappa shape index (κ3) is 2.44. The molecule has 102 valence electrons. The Morgan fingerprint density at radius 2 is 2.10 bits per heavy atom. The van der Waals surface area contributed by atoms with E-state index in [9.17, 15) is 0 Å². The van der Waals surface area contributed by atoms with Crippen molar-refractivity contribution in [1.82, 2.24) is 19.6 Å². The number of halogens is 1. The first-order valence-corrected chi connectivity index (χ1v) is 6.79. The van der Waals surface area contributed by atoms with Crippen molar-refractivity contribution in [1.29, 1.82) is 0 Å². The van der Waals surface area contributed by atoms with Gasteiger partial charge < -0.3 is 5.32 Å². The molecule has 0 radical (unpaired) electrons. The molecular weight excluding hydrogens is 274 g/mol. The van der Waals surface area contributed by atoms with Gasteiger partial charge in [0.05, 0.1) is 0 Å². The highest BCUT2D eigenvalue weighted by molar-refractivity contribution is 6.30. The third-order valence-corrected chi connectivity index (χ3v) is 3.13. The second-order valence-electron chi connectivity index (χ2n) is 4.51. The van der Waals surface area contributed by atoms with Crippen LogP contribution in [0.1, 0.15) is 18.4 Å². The van der Waals surface area contributed by atoms with Crippen LogP contribution in [-0.4, -0.2) is 19.6 Å². The lowest BCUT2D eigenvalue weighted by Crippen LogP contribution is -2.02. The number of aromatic nitrogens is 4. The maximum atomic E-state index is 6.00. The Hall–Kier alpha value is -2.14. The van der Waals surface area contributed by atoms with Crippen LogP contribution in [0.25, 0.3) is 5.78 Å². The van der Waals surface area contributed by atoms with Crippen LogP contribution in [-0.2, 0) is 6.42 Å². The molecule has 0 saturated heterocycles. The van der Waals surface area contributed by atoms with Gasteiger partial charge in [0, 0.05) is 28.9 Å². The number of rotatable bonds is 3. The molecule has 0 aliphatic heterocycles. The summed E-state index contributed by atoms with van der Waals surface area (Å²) in [4.78, 5) is 8.77. The molecule has 1 aromatic carbocycles. The van der Waals surface area contributed by atoms with E-state index in [2.05, 4.69) is 20.4 Å². The Kier molecular flexibility index (Phi) is 3.28. The Morgan fingerprint density at radius 3 is 2.85 bits per heavy atom. The maximum Gasteiger partial charge on any atom is 0.254 e. The molecule has 1 N–H and O–H groups in total. The number of hydrogen-bond donors (Lipinski definition) is 1. The minimum absolute atomic E-state index is 0.603. The van der Waals surface area contributed by atoms with E-state index >= 15 is 0 Å². The molecule has 0 atom stereocenters. The summed E-state index contributed by atoms with van der Waals surface area (Å²) in [5.74, 6) is 2.20. The summed E-state index contributed by atoms with van der Waals surface area (Å²) in [7, 11) is 0. The van der Waals surface area contributed by atoms with Crippen LogP contribution in [0.5, 0.6) is 0 Å². The molecule has 6 heteroatoms. The lowest BCUT2D eigenvalue weighted by atomic mass is 10.3. The van der Waals surface area contributed by atoms with Crippen molar-refractivity contribution in [3.05, 3.63) is 46.9 Å². The summed E-state index contributed by atoms with van der Waals surface area (Å²) in [6.07, 6.45) is 0.777. The molecule has 20 heavy (non-hydrogen) atoms. The van der Waals surface area contributed by atoms with Gasteiger partial charge in [-0.25, -0.2) is 4.98 Å². The van der Waals surface area contributed by atoms with Gasteiger partial charge in [-0.1, -0.05) is 24.6 Å². The van der Waals surface area contributed by atoms with Crippen LogP contribution in [0.3, 0.4) is 0 Å². The number of hydrogen-bond acceptors (Lipinski definition) is 4. The molecule has 0 fully saturated rings. The van der Waals surface area contributed by atoms with E-state index in [1.165, 1.54) is 0 Å². The predicted molar refractivity (Wildman–Crippen MR) is 79.6 cm³/mol. The van der Waals surface area contributed by atoms with E-state index < -0.39 is 0 Å². The highest BCUT2D eigenvalue weighted by Crippen LogP contribution is 2.21. The summed E-state index contributed by atoms with van der Waals surface area (Å²) in [5.41, 5.74) is 1.79. The first kappa shape index (κ1) is 12.9. The molecule has 0 bridgehead atoms. The fourth-order valence-electron chi connectivity index (χ4n) is 1.98. The van der Waals surface area contributed by atoms with Crippen LogP contribution in [0.4, 0.5) is 11.5 Å². The number of benzene rings is 1. The van der Waals surface area contributed by atoms with Crippen molar-refractivity contribution in [3.63, 3.8) is 0 Å². The first-order chi connectivity index (χ1) is 9.65. The zero-order valence-electron chi connectivity index (χ0n) is 11.3. The van der Waals surface area contributed by atoms with Gasteiger partial charge in [-0.2, -0.15) is 9.50 Å². The Morgan fingerprint density at radius 1 is 1.25 bits per heavy atom. The average molecular weight is 288 g/mol. The highest BCUT2D eigenvalue weighted by Gasteiger charge is 2.09. The van der Waals surface area contributed by atoms with Crippen molar-refractivity contribution < 1.29 is 0 Å². The van der Waals surface area contributed by atoms with Gasteiger partial charge >= 0.3 is 0 Å². The van der Waals surface area contributed by atoms with Crippen LogP contribution >= 0.6 is 11.6 Å². The quantitative estimate of drug-likeness (QED) is 0.802. The molecule has 0 aliphatic carbocycles.